The van der Waals surface area contributed by atoms with Crippen LogP contribution in [0.25, 0.3) is 0 Å². The van der Waals surface area contributed by atoms with Crippen molar-refractivity contribution in [1.29, 1.82) is 0 Å². The number of benzene rings is 1. The van der Waals surface area contributed by atoms with Gasteiger partial charge in [0.05, 0.1) is 0 Å². The lowest BCUT2D eigenvalue weighted by Crippen LogP contribution is -2.49. The highest BCUT2D eigenvalue weighted by molar-refractivity contribution is 5.94. The van der Waals surface area contributed by atoms with Gasteiger partial charge in [-0.2, -0.15) is 0 Å². The maximum Gasteiger partial charge on any atom is 0.253 e. The topological polar surface area (TPSA) is 49.6 Å². The number of nitrogens with zero attached hydrogens (tertiary/aromatic N) is 2. The normalized spacial score (nSPS) is 19.1. The summed E-state index contributed by atoms with van der Waals surface area (Å²) in [6, 6.07) is 6.25. The van der Waals surface area contributed by atoms with Crippen LogP contribution in [0, 0.1) is 0 Å². The Hall–Kier alpha value is -1.39. The lowest BCUT2D eigenvalue weighted by molar-refractivity contribution is 0.0641. The van der Waals surface area contributed by atoms with E-state index < -0.39 is 0 Å². The van der Waals surface area contributed by atoms with E-state index in [1.165, 1.54) is 24.0 Å². The number of rotatable bonds is 3. The molecule has 4 nitrogen and oxygen atoms in total. The molecular weight excluding hydrogens is 250 g/mol. The first-order valence-electron chi connectivity index (χ1n) is 7.61. The number of carbonyl (C=O) groups is 1. The molecule has 3 rings (SSSR count). The lowest BCUT2D eigenvalue weighted by atomic mass is 10.1. The van der Waals surface area contributed by atoms with E-state index >= 15 is 0 Å². The van der Waals surface area contributed by atoms with E-state index in [2.05, 4.69) is 17.0 Å². The SMILES string of the molecule is NCCN1CCN(C(=O)c2ccc3c(c2)CCC3)CC1. The van der Waals surface area contributed by atoms with E-state index in [9.17, 15) is 4.79 Å². The van der Waals surface area contributed by atoms with E-state index in [0.29, 0.717) is 6.54 Å². The van der Waals surface area contributed by atoms with Crippen molar-refractivity contribution < 1.29 is 4.79 Å². The summed E-state index contributed by atoms with van der Waals surface area (Å²) in [6.07, 6.45) is 3.52. The molecule has 4 heteroatoms. The second kappa shape index (κ2) is 5.94. The van der Waals surface area contributed by atoms with Gasteiger partial charge in [0.1, 0.15) is 0 Å². The molecule has 1 aromatic rings. The van der Waals surface area contributed by atoms with Gasteiger partial charge in [0.2, 0.25) is 0 Å². The molecule has 1 heterocycles. The molecule has 0 saturated carbocycles. The molecule has 1 aromatic carbocycles. The summed E-state index contributed by atoms with van der Waals surface area (Å²) in [5.41, 5.74) is 9.23. The van der Waals surface area contributed by atoms with Crippen molar-refractivity contribution in [3.63, 3.8) is 0 Å². The number of nitrogens with two attached hydrogens (primary N) is 1. The van der Waals surface area contributed by atoms with Crippen molar-refractivity contribution in [2.24, 2.45) is 5.73 Å². The molecule has 1 aliphatic carbocycles. The largest absolute Gasteiger partial charge is 0.336 e. The zero-order chi connectivity index (χ0) is 13.9. The summed E-state index contributed by atoms with van der Waals surface area (Å²) in [5, 5.41) is 0. The predicted octanol–water partition coefficient (Wildman–Crippen LogP) is 0.892. The smallest absolute Gasteiger partial charge is 0.253 e. The molecule has 1 aliphatic heterocycles. The fourth-order valence-electron chi connectivity index (χ4n) is 3.24. The first kappa shape index (κ1) is 13.6. The lowest BCUT2D eigenvalue weighted by Gasteiger charge is -2.34. The molecule has 1 saturated heterocycles. The Morgan fingerprint density at radius 2 is 1.85 bits per heavy atom. The Morgan fingerprint density at radius 3 is 2.60 bits per heavy atom. The second-order valence-electron chi connectivity index (χ2n) is 5.76. The summed E-state index contributed by atoms with van der Waals surface area (Å²) in [6.45, 7) is 5.13. The van der Waals surface area contributed by atoms with Gasteiger partial charge in [-0.1, -0.05) is 6.07 Å². The van der Waals surface area contributed by atoms with Crippen LogP contribution < -0.4 is 5.73 Å². The maximum atomic E-state index is 12.5. The zero-order valence-corrected chi connectivity index (χ0v) is 12.0. The fraction of sp³-hybridized carbons (Fsp3) is 0.562. The molecule has 0 spiro atoms. The molecule has 1 amide bonds. The van der Waals surface area contributed by atoms with E-state index in [1.54, 1.807) is 0 Å². The minimum atomic E-state index is 0.187. The van der Waals surface area contributed by atoms with Crippen LogP contribution in [0.5, 0.6) is 0 Å². The van der Waals surface area contributed by atoms with Crippen LogP contribution in [-0.4, -0.2) is 55.0 Å². The molecule has 108 valence electrons. The van der Waals surface area contributed by atoms with Gasteiger partial charge in [-0.05, 0) is 42.5 Å². The van der Waals surface area contributed by atoms with Crippen molar-refractivity contribution >= 4 is 5.91 Å². The van der Waals surface area contributed by atoms with Gasteiger partial charge in [0.15, 0.2) is 0 Å². The van der Waals surface area contributed by atoms with Crippen molar-refractivity contribution in [3.05, 3.63) is 34.9 Å². The van der Waals surface area contributed by atoms with Crippen LogP contribution in [0.3, 0.4) is 0 Å². The van der Waals surface area contributed by atoms with Crippen molar-refractivity contribution in [3.8, 4) is 0 Å². The van der Waals surface area contributed by atoms with Crippen LogP contribution in [0.1, 0.15) is 27.9 Å². The van der Waals surface area contributed by atoms with Gasteiger partial charge in [-0.25, -0.2) is 0 Å². The van der Waals surface area contributed by atoms with E-state index in [0.717, 1.165) is 44.7 Å². The third-order valence-electron chi connectivity index (χ3n) is 4.45. The van der Waals surface area contributed by atoms with Crippen LogP contribution in [0.4, 0.5) is 0 Å². The van der Waals surface area contributed by atoms with Gasteiger partial charge in [-0.3, -0.25) is 9.69 Å². The molecule has 2 N–H and O–H groups in total. The molecule has 1 fully saturated rings. The highest BCUT2D eigenvalue weighted by Crippen LogP contribution is 2.23. The van der Waals surface area contributed by atoms with Crippen molar-refractivity contribution in [2.45, 2.75) is 19.3 Å². The molecule has 0 bridgehead atoms. The molecule has 0 aromatic heterocycles. The van der Waals surface area contributed by atoms with Crippen molar-refractivity contribution in [1.82, 2.24) is 9.80 Å². The minimum Gasteiger partial charge on any atom is -0.336 e. The van der Waals surface area contributed by atoms with E-state index in [-0.39, 0.29) is 5.91 Å². The van der Waals surface area contributed by atoms with Crippen LogP contribution in [0.15, 0.2) is 18.2 Å². The van der Waals surface area contributed by atoms with E-state index in [1.807, 2.05) is 11.0 Å². The maximum absolute atomic E-state index is 12.5. The Morgan fingerprint density at radius 1 is 1.10 bits per heavy atom. The van der Waals surface area contributed by atoms with Gasteiger partial charge >= 0.3 is 0 Å². The Balaban J connectivity index is 1.65. The first-order chi connectivity index (χ1) is 9.78. The molecule has 0 unspecified atom stereocenters. The summed E-state index contributed by atoms with van der Waals surface area (Å²) >= 11 is 0. The van der Waals surface area contributed by atoms with Crippen molar-refractivity contribution in [2.75, 3.05) is 39.3 Å². The quantitative estimate of drug-likeness (QED) is 0.890. The minimum absolute atomic E-state index is 0.187. The molecular formula is C16H23N3O. The first-order valence-corrected chi connectivity index (χ1v) is 7.61. The zero-order valence-electron chi connectivity index (χ0n) is 12.0. The number of fused-ring (bicyclic) bond motifs is 1. The summed E-state index contributed by atoms with van der Waals surface area (Å²) < 4.78 is 0. The summed E-state index contributed by atoms with van der Waals surface area (Å²) in [4.78, 5) is 16.8. The monoisotopic (exact) mass is 273 g/mol. The van der Waals surface area contributed by atoms with Gasteiger partial charge < -0.3 is 10.6 Å². The Labute approximate surface area is 120 Å². The van der Waals surface area contributed by atoms with Gasteiger partial charge in [0, 0.05) is 44.8 Å². The molecule has 0 atom stereocenters. The summed E-state index contributed by atoms with van der Waals surface area (Å²) in [5.74, 6) is 0.187. The average molecular weight is 273 g/mol. The highest BCUT2D eigenvalue weighted by Gasteiger charge is 2.22. The Bertz CT molecular complexity index is 492. The van der Waals surface area contributed by atoms with Gasteiger partial charge in [0.25, 0.3) is 5.91 Å². The van der Waals surface area contributed by atoms with Crippen LogP contribution in [0.2, 0.25) is 0 Å². The molecule has 2 aliphatic rings. The van der Waals surface area contributed by atoms with E-state index in [4.69, 9.17) is 5.73 Å². The van der Waals surface area contributed by atoms with Crippen LogP contribution in [-0.2, 0) is 12.8 Å². The molecule has 0 radical (unpaired) electrons. The third-order valence-corrected chi connectivity index (χ3v) is 4.45. The average Bonchev–Trinajstić information content (AvgIpc) is 2.95. The van der Waals surface area contributed by atoms with Crippen LogP contribution >= 0.6 is 0 Å². The number of aryl methyl sites for hydroxylation is 2. The highest BCUT2D eigenvalue weighted by atomic mass is 16.2. The fourth-order valence-corrected chi connectivity index (χ4v) is 3.24. The Kier molecular flexibility index (Phi) is 4.03. The number of hydrogen-bond acceptors (Lipinski definition) is 3. The number of amides is 1. The molecule has 20 heavy (non-hydrogen) atoms. The number of piperazine rings is 1. The standard InChI is InChI=1S/C16H23N3O/c17-6-7-18-8-10-19(11-9-18)16(20)15-5-4-13-2-1-3-14(13)12-15/h4-5,12H,1-3,6-11,17H2. The summed E-state index contributed by atoms with van der Waals surface area (Å²) in [7, 11) is 0. The second-order valence-corrected chi connectivity index (χ2v) is 5.76. The number of hydrogen-bond donors (Lipinski definition) is 1. The third kappa shape index (κ3) is 2.72. The number of carbonyl (C=O) groups excluding carboxylic acids is 1. The van der Waals surface area contributed by atoms with Gasteiger partial charge in [-0.15, -0.1) is 0 Å². The predicted molar refractivity (Wildman–Crippen MR) is 79.9 cm³/mol.